The van der Waals surface area contributed by atoms with E-state index in [4.69, 9.17) is 0 Å². The largest absolute Gasteiger partial charge is 0.275 e. The monoisotopic (exact) mass is 363 g/mol. The molecular formula is C23H41NO2. The molecule has 0 N–H and O–H groups in total. The zero-order chi connectivity index (χ0) is 19.0. The number of carbonyl (C=O) groups is 2. The van der Waals surface area contributed by atoms with Gasteiger partial charge in [-0.3, -0.25) is 14.5 Å². The summed E-state index contributed by atoms with van der Waals surface area (Å²) in [5.74, 6) is -0.232. The second-order valence-corrected chi connectivity index (χ2v) is 7.93. The molecule has 0 aromatic carbocycles. The maximum Gasteiger partial charge on any atom is 0.256 e. The van der Waals surface area contributed by atoms with E-state index in [0.29, 0.717) is 12.1 Å². The van der Waals surface area contributed by atoms with E-state index in [1.807, 2.05) is 0 Å². The van der Waals surface area contributed by atoms with Crippen molar-refractivity contribution in [1.29, 1.82) is 0 Å². The molecule has 0 spiro atoms. The van der Waals surface area contributed by atoms with Crippen LogP contribution in [0, 0.1) is 0 Å². The fourth-order valence-corrected chi connectivity index (χ4v) is 3.67. The van der Waals surface area contributed by atoms with E-state index in [0.717, 1.165) is 12.8 Å². The summed E-state index contributed by atoms with van der Waals surface area (Å²) in [6.07, 6.45) is 22.8. The lowest BCUT2D eigenvalue weighted by atomic mass is 10.0. The van der Waals surface area contributed by atoms with Crippen LogP contribution in [0.5, 0.6) is 0 Å². The zero-order valence-corrected chi connectivity index (χ0v) is 17.4. The number of carbonyl (C=O) groups excluding carboxylic acids is 2. The van der Waals surface area contributed by atoms with Crippen LogP contribution in [0.25, 0.3) is 0 Å². The Morgan fingerprint density at radius 1 is 0.654 bits per heavy atom. The lowest BCUT2D eigenvalue weighted by Gasteiger charge is -2.13. The highest BCUT2D eigenvalue weighted by Gasteiger charge is 2.27. The molecule has 1 rings (SSSR count). The second-order valence-electron chi connectivity index (χ2n) is 7.93. The molecule has 0 aromatic rings. The number of amides is 2. The van der Waals surface area contributed by atoms with Gasteiger partial charge >= 0.3 is 0 Å². The van der Waals surface area contributed by atoms with Crippen molar-refractivity contribution in [2.24, 2.45) is 0 Å². The SMILES string of the molecule is CCCCCCCCCCCCCCCCCCN1C(=O)C=C(C)C1=O. The molecule has 1 heterocycles. The van der Waals surface area contributed by atoms with E-state index < -0.39 is 0 Å². The molecule has 0 fully saturated rings. The van der Waals surface area contributed by atoms with Crippen LogP contribution < -0.4 is 0 Å². The van der Waals surface area contributed by atoms with Gasteiger partial charge in [-0.1, -0.05) is 103 Å². The number of nitrogens with zero attached hydrogens (tertiary/aromatic N) is 1. The molecule has 0 saturated heterocycles. The van der Waals surface area contributed by atoms with Gasteiger partial charge in [0.25, 0.3) is 11.8 Å². The standard InChI is InChI=1S/C23H41NO2/c1-3-4-5-6-7-8-9-10-11-12-13-14-15-16-17-18-19-24-22(25)20-21(2)23(24)26/h20H,3-19H2,1-2H3. The maximum absolute atomic E-state index is 11.7. The van der Waals surface area contributed by atoms with Gasteiger partial charge in [-0.05, 0) is 13.3 Å². The summed E-state index contributed by atoms with van der Waals surface area (Å²) in [5.41, 5.74) is 0.575. The van der Waals surface area contributed by atoms with Crippen LogP contribution in [-0.2, 0) is 9.59 Å². The van der Waals surface area contributed by atoms with Gasteiger partial charge in [0.15, 0.2) is 0 Å². The van der Waals surface area contributed by atoms with E-state index in [-0.39, 0.29) is 11.8 Å². The minimum atomic E-state index is -0.131. The molecular weight excluding hydrogens is 322 g/mol. The third-order valence-corrected chi connectivity index (χ3v) is 5.42. The summed E-state index contributed by atoms with van der Waals surface area (Å²) >= 11 is 0. The molecule has 0 aliphatic carbocycles. The van der Waals surface area contributed by atoms with Crippen LogP contribution >= 0.6 is 0 Å². The molecule has 1 aliphatic rings. The predicted molar refractivity (Wildman–Crippen MR) is 110 cm³/mol. The number of hydrogen-bond acceptors (Lipinski definition) is 2. The van der Waals surface area contributed by atoms with Crippen molar-refractivity contribution in [3.63, 3.8) is 0 Å². The van der Waals surface area contributed by atoms with E-state index in [9.17, 15) is 9.59 Å². The van der Waals surface area contributed by atoms with Crippen molar-refractivity contribution >= 4 is 11.8 Å². The molecule has 0 atom stereocenters. The molecule has 0 bridgehead atoms. The number of hydrogen-bond donors (Lipinski definition) is 0. The Bertz CT molecular complexity index is 428. The van der Waals surface area contributed by atoms with Crippen molar-refractivity contribution < 1.29 is 9.59 Å². The predicted octanol–water partition coefficient (Wildman–Crippen LogP) is 6.56. The Morgan fingerprint density at radius 2 is 1.04 bits per heavy atom. The summed E-state index contributed by atoms with van der Waals surface area (Å²) in [4.78, 5) is 24.7. The van der Waals surface area contributed by atoms with Crippen LogP contribution in [0.1, 0.15) is 117 Å². The highest BCUT2D eigenvalue weighted by molar-refractivity contribution is 6.15. The Balaban J connectivity index is 1.78. The lowest BCUT2D eigenvalue weighted by Crippen LogP contribution is -2.31. The van der Waals surface area contributed by atoms with E-state index in [1.54, 1.807) is 6.92 Å². The van der Waals surface area contributed by atoms with Crippen LogP contribution in [-0.4, -0.2) is 23.3 Å². The number of unbranched alkanes of at least 4 members (excludes halogenated alkanes) is 15. The Hall–Kier alpha value is -1.12. The molecule has 1 aliphatic heterocycles. The second kappa shape index (κ2) is 15.0. The Kier molecular flexibility index (Phi) is 13.2. The fraction of sp³-hybridized carbons (Fsp3) is 0.826. The molecule has 3 nitrogen and oxygen atoms in total. The Labute approximate surface area is 161 Å². The summed E-state index contributed by atoms with van der Waals surface area (Å²) in [7, 11) is 0. The van der Waals surface area contributed by atoms with Crippen molar-refractivity contribution in [2.75, 3.05) is 6.54 Å². The van der Waals surface area contributed by atoms with E-state index in [1.165, 1.54) is 101 Å². The topological polar surface area (TPSA) is 37.4 Å². The minimum Gasteiger partial charge on any atom is -0.275 e. The number of rotatable bonds is 17. The van der Waals surface area contributed by atoms with Gasteiger partial charge in [-0.25, -0.2) is 0 Å². The average molecular weight is 364 g/mol. The third-order valence-electron chi connectivity index (χ3n) is 5.42. The minimum absolute atomic E-state index is 0.101. The molecule has 0 radical (unpaired) electrons. The highest BCUT2D eigenvalue weighted by atomic mass is 16.2. The van der Waals surface area contributed by atoms with Crippen LogP contribution in [0.3, 0.4) is 0 Å². The lowest BCUT2D eigenvalue weighted by molar-refractivity contribution is -0.137. The molecule has 3 heteroatoms. The summed E-state index contributed by atoms with van der Waals surface area (Å²) in [6, 6.07) is 0. The fourth-order valence-electron chi connectivity index (χ4n) is 3.67. The van der Waals surface area contributed by atoms with Gasteiger partial charge in [-0.15, -0.1) is 0 Å². The van der Waals surface area contributed by atoms with Crippen molar-refractivity contribution in [3.8, 4) is 0 Å². The summed E-state index contributed by atoms with van der Waals surface area (Å²) in [5, 5.41) is 0. The van der Waals surface area contributed by atoms with Gasteiger partial charge in [0, 0.05) is 18.2 Å². The van der Waals surface area contributed by atoms with E-state index in [2.05, 4.69) is 6.92 Å². The van der Waals surface area contributed by atoms with Gasteiger partial charge in [0.1, 0.15) is 0 Å². The van der Waals surface area contributed by atoms with Crippen LogP contribution in [0.2, 0.25) is 0 Å². The third kappa shape index (κ3) is 10.1. The molecule has 2 amide bonds. The van der Waals surface area contributed by atoms with Crippen molar-refractivity contribution in [3.05, 3.63) is 11.6 Å². The van der Waals surface area contributed by atoms with Gasteiger partial charge in [0.2, 0.25) is 0 Å². The van der Waals surface area contributed by atoms with Crippen LogP contribution in [0.4, 0.5) is 0 Å². The molecule has 0 unspecified atom stereocenters. The molecule has 26 heavy (non-hydrogen) atoms. The smallest absolute Gasteiger partial charge is 0.256 e. The molecule has 0 saturated carbocycles. The highest BCUT2D eigenvalue weighted by Crippen LogP contribution is 2.15. The molecule has 0 aromatic heterocycles. The van der Waals surface area contributed by atoms with Crippen molar-refractivity contribution in [2.45, 2.75) is 117 Å². The van der Waals surface area contributed by atoms with Gasteiger partial charge < -0.3 is 0 Å². The summed E-state index contributed by atoms with van der Waals surface area (Å²) < 4.78 is 0. The zero-order valence-electron chi connectivity index (χ0n) is 17.4. The Morgan fingerprint density at radius 3 is 1.38 bits per heavy atom. The van der Waals surface area contributed by atoms with Crippen LogP contribution in [0.15, 0.2) is 11.6 Å². The average Bonchev–Trinajstić information content (AvgIpc) is 2.87. The number of imide groups is 1. The van der Waals surface area contributed by atoms with Gasteiger partial charge in [-0.2, -0.15) is 0 Å². The first kappa shape index (κ1) is 22.9. The van der Waals surface area contributed by atoms with Gasteiger partial charge in [0.05, 0.1) is 0 Å². The normalized spacial score (nSPS) is 14.4. The maximum atomic E-state index is 11.7. The first-order chi connectivity index (χ1) is 12.7. The first-order valence-electron chi connectivity index (χ1n) is 11.2. The van der Waals surface area contributed by atoms with E-state index >= 15 is 0 Å². The van der Waals surface area contributed by atoms with Crippen molar-refractivity contribution in [1.82, 2.24) is 4.90 Å². The molecule has 150 valence electrons. The quantitative estimate of drug-likeness (QED) is 0.217. The first-order valence-corrected chi connectivity index (χ1v) is 11.2. The summed E-state index contributed by atoms with van der Waals surface area (Å²) in [6.45, 7) is 4.58.